The third-order valence-corrected chi connectivity index (χ3v) is 9.70. The van der Waals surface area contributed by atoms with E-state index in [-0.39, 0.29) is 11.6 Å². The molecule has 0 fully saturated rings. The number of halogens is 2. The first-order valence-corrected chi connectivity index (χ1v) is 18.1. The summed E-state index contributed by atoms with van der Waals surface area (Å²) >= 11 is 0. The van der Waals surface area contributed by atoms with Crippen molar-refractivity contribution in [1.29, 1.82) is 0 Å². The van der Waals surface area contributed by atoms with Crippen molar-refractivity contribution in [2.45, 2.75) is 0 Å². The zero-order valence-electron chi connectivity index (χ0n) is 29.6. The number of para-hydroxylation sites is 6. The lowest BCUT2D eigenvalue weighted by atomic mass is 10.0. The highest BCUT2D eigenvalue weighted by Crippen LogP contribution is 2.37. The third-order valence-electron chi connectivity index (χ3n) is 9.70. The van der Waals surface area contributed by atoms with Gasteiger partial charge >= 0.3 is 0 Å². The summed E-state index contributed by atoms with van der Waals surface area (Å²) in [5, 5.41) is 0. The van der Waals surface area contributed by atoms with Crippen molar-refractivity contribution < 1.29 is 8.78 Å². The van der Waals surface area contributed by atoms with E-state index in [9.17, 15) is 8.78 Å². The molecule has 266 valence electrons. The Labute approximate surface area is 319 Å². The lowest BCUT2D eigenvalue weighted by Crippen LogP contribution is -2.03. The summed E-state index contributed by atoms with van der Waals surface area (Å²) in [6.45, 7) is 0. The third kappa shape index (κ3) is 5.97. The molecule has 0 aliphatic rings. The lowest BCUT2D eigenvalue weighted by molar-refractivity contribution is 0.627. The Balaban J connectivity index is 1.28. The molecule has 7 nitrogen and oxygen atoms in total. The molecule has 0 aliphatic heterocycles. The van der Waals surface area contributed by atoms with Crippen LogP contribution in [0.2, 0.25) is 0 Å². The van der Waals surface area contributed by atoms with Crippen molar-refractivity contribution >= 4 is 22.1 Å². The predicted octanol–water partition coefficient (Wildman–Crippen LogP) is 11.2. The molecular weight excluding hydrogens is 701 g/mol. The van der Waals surface area contributed by atoms with E-state index in [0.29, 0.717) is 34.2 Å². The van der Waals surface area contributed by atoms with Gasteiger partial charge in [0.2, 0.25) is 0 Å². The molecule has 0 saturated heterocycles. The number of imidazole rings is 2. The average Bonchev–Trinajstić information content (AvgIpc) is 3.84. The standard InChI is InChI=1S/C47H29F2N7/c48-35-23-19-30(20-24-35)43-52-44(31-21-25-36(49)26-22-31)54-45(53-43)32-27-33(46-50-39-15-7-9-17-41(39)55(46)37-11-3-1-4-12-37)29-34(28-32)47-51-40-16-8-10-18-42(40)56(47)38-13-5-2-6-14-38/h1-29H. The quantitative estimate of drug-likeness (QED) is 0.163. The molecule has 0 atom stereocenters. The van der Waals surface area contributed by atoms with Gasteiger partial charge in [-0.3, -0.25) is 9.13 Å². The second kappa shape index (κ2) is 13.6. The van der Waals surface area contributed by atoms with Crippen LogP contribution >= 0.6 is 0 Å². The molecule has 7 aromatic carbocycles. The molecule has 3 heterocycles. The van der Waals surface area contributed by atoms with Gasteiger partial charge in [0.1, 0.15) is 23.3 Å². The maximum Gasteiger partial charge on any atom is 0.164 e. The van der Waals surface area contributed by atoms with Crippen molar-refractivity contribution in [3.05, 3.63) is 188 Å². The Hall–Kier alpha value is -7.65. The van der Waals surface area contributed by atoms with Crippen LogP contribution in [0.15, 0.2) is 176 Å². The van der Waals surface area contributed by atoms with Gasteiger partial charge in [-0.2, -0.15) is 0 Å². The fraction of sp³-hybridized carbons (Fsp3) is 0. The summed E-state index contributed by atoms with van der Waals surface area (Å²) in [5.41, 5.74) is 8.98. The molecular formula is C47H29F2N7. The largest absolute Gasteiger partial charge is 0.292 e. The van der Waals surface area contributed by atoms with E-state index in [1.807, 2.05) is 84.9 Å². The molecule has 0 aliphatic carbocycles. The van der Waals surface area contributed by atoms with E-state index in [0.717, 1.165) is 56.2 Å². The second-order valence-corrected chi connectivity index (χ2v) is 13.3. The van der Waals surface area contributed by atoms with Crippen LogP contribution in [0.5, 0.6) is 0 Å². The van der Waals surface area contributed by atoms with E-state index < -0.39 is 0 Å². The zero-order valence-corrected chi connectivity index (χ0v) is 29.6. The average molecular weight is 730 g/mol. The first kappa shape index (κ1) is 33.0. The molecule has 0 radical (unpaired) electrons. The number of fused-ring (bicyclic) bond motifs is 2. The molecule has 0 N–H and O–H groups in total. The molecule has 0 bridgehead atoms. The number of hydrogen-bond acceptors (Lipinski definition) is 5. The van der Waals surface area contributed by atoms with Gasteiger partial charge in [-0.25, -0.2) is 33.7 Å². The summed E-state index contributed by atoms with van der Waals surface area (Å²) < 4.78 is 32.5. The van der Waals surface area contributed by atoms with Gasteiger partial charge in [-0.1, -0.05) is 60.7 Å². The summed E-state index contributed by atoms with van der Waals surface area (Å²) in [7, 11) is 0. The summed E-state index contributed by atoms with van der Waals surface area (Å²) in [6, 6.07) is 54.6. The minimum absolute atomic E-state index is 0.342. The first-order chi connectivity index (χ1) is 27.6. The number of benzene rings is 7. The minimum Gasteiger partial charge on any atom is -0.292 e. The Kier molecular flexibility index (Phi) is 8.03. The molecule has 10 aromatic rings. The number of rotatable bonds is 7. The van der Waals surface area contributed by atoms with Gasteiger partial charge in [0.25, 0.3) is 0 Å². The molecule has 0 spiro atoms. The maximum atomic E-state index is 14.1. The Morgan fingerprint density at radius 1 is 0.321 bits per heavy atom. The highest BCUT2D eigenvalue weighted by atomic mass is 19.1. The van der Waals surface area contributed by atoms with Crippen LogP contribution in [0.25, 0.3) is 90.4 Å². The van der Waals surface area contributed by atoms with Crippen LogP contribution in [-0.2, 0) is 0 Å². The number of hydrogen-bond donors (Lipinski definition) is 0. The lowest BCUT2D eigenvalue weighted by Gasteiger charge is -2.15. The van der Waals surface area contributed by atoms with Crippen LogP contribution in [-0.4, -0.2) is 34.1 Å². The number of nitrogens with zero attached hydrogens (tertiary/aromatic N) is 7. The first-order valence-electron chi connectivity index (χ1n) is 18.1. The van der Waals surface area contributed by atoms with Crippen molar-refractivity contribution in [2.75, 3.05) is 0 Å². The maximum absolute atomic E-state index is 14.1. The second-order valence-electron chi connectivity index (χ2n) is 13.3. The zero-order chi connectivity index (χ0) is 37.6. The molecule has 56 heavy (non-hydrogen) atoms. The van der Waals surface area contributed by atoms with Crippen molar-refractivity contribution in [3.63, 3.8) is 0 Å². The van der Waals surface area contributed by atoms with Crippen LogP contribution in [0, 0.1) is 11.6 Å². The van der Waals surface area contributed by atoms with Gasteiger partial charge in [0.05, 0.1) is 22.1 Å². The van der Waals surface area contributed by atoms with E-state index in [1.54, 1.807) is 24.3 Å². The van der Waals surface area contributed by atoms with Gasteiger partial charge in [0, 0.05) is 39.2 Å². The molecule has 10 rings (SSSR count). The summed E-state index contributed by atoms with van der Waals surface area (Å²) in [6.07, 6.45) is 0. The monoisotopic (exact) mass is 729 g/mol. The van der Waals surface area contributed by atoms with Crippen LogP contribution < -0.4 is 0 Å². The van der Waals surface area contributed by atoms with Crippen molar-refractivity contribution in [3.8, 4) is 68.3 Å². The van der Waals surface area contributed by atoms with Gasteiger partial charge < -0.3 is 0 Å². The summed E-state index contributed by atoms with van der Waals surface area (Å²) in [4.78, 5) is 25.2. The fourth-order valence-corrected chi connectivity index (χ4v) is 7.09. The summed E-state index contributed by atoms with van der Waals surface area (Å²) in [5.74, 6) is 1.74. The Bertz CT molecular complexity index is 2830. The minimum atomic E-state index is -0.373. The van der Waals surface area contributed by atoms with Gasteiger partial charge in [0.15, 0.2) is 17.5 Å². The molecule has 0 saturated carbocycles. The van der Waals surface area contributed by atoms with Gasteiger partial charge in [-0.15, -0.1) is 0 Å². The molecule has 0 amide bonds. The van der Waals surface area contributed by atoms with E-state index >= 15 is 0 Å². The van der Waals surface area contributed by atoms with Crippen molar-refractivity contribution in [2.24, 2.45) is 0 Å². The topological polar surface area (TPSA) is 74.3 Å². The van der Waals surface area contributed by atoms with Gasteiger partial charge in [-0.05, 0) is 115 Å². The smallest absolute Gasteiger partial charge is 0.164 e. The van der Waals surface area contributed by atoms with E-state index in [2.05, 4.69) is 51.6 Å². The Morgan fingerprint density at radius 3 is 1.11 bits per heavy atom. The van der Waals surface area contributed by atoms with Crippen LogP contribution in [0.1, 0.15) is 0 Å². The predicted molar refractivity (Wildman–Crippen MR) is 216 cm³/mol. The van der Waals surface area contributed by atoms with E-state index in [4.69, 9.17) is 24.9 Å². The van der Waals surface area contributed by atoms with Crippen LogP contribution in [0.3, 0.4) is 0 Å². The Morgan fingerprint density at radius 2 is 0.679 bits per heavy atom. The molecule has 9 heteroatoms. The van der Waals surface area contributed by atoms with Crippen molar-refractivity contribution in [1.82, 2.24) is 34.1 Å². The SMILES string of the molecule is Fc1ccc(-c2nc(-c3ccc(F)cc3)nc(-c3cc(-c4nc5ccccc5n4-c4ccccc4)cc(-c4nc5ccccc5n4-c4ccccc4)c3)n2)cc1. The van der Waals surface area contributed by atoms with Crippen LogP contribution in [0.4, 0.5) is 8.78 Å². The normalized spacial score (nSPS) is 11.4. The molecule has 0 unspecified atom stereocenters. The van der Waals surface area contributed by atoms with E-state index in [1.165, 1.54) is 24.3 Å². The highest BCUT2D eigenvalue weighted by molar-refractivity contribution is 5.88. The number of aromatic nitrogens is 7. The molecule has 3 aromatic heterocycles. The highest BCUT2D eigenvalue weighted by Gasteiger charge is 2.22. The fourth-order valence-electron chi connectivity index (χ4n) is 7.09.